The molecule has 0 unspecified atom stereocenters. The first-order chi connectivity index (χ1) is 7.13. The highest BCUT2D eigenvalue weighted by atomic mass is 32.1. The molecule has 0 aromatic carbocycles. The van der Waals surface area contributed by atoms with Crippen LogP contribution in [0.2, 0.25) is 0 Å². The molecule has 0 amide bonds. The molecule has 0 bridgehead atoms. The molecule has 5 N–H and O–H groups in total. The largest absolute Gasteiger partial charge is 0.385 e. The van der Waals surface area contributed by atoms with Gasteiger partial charge in [0.25, 0.3) is 0 Å². The molecule has 0 fully saturated rings. The Kier molecular flexibility index (Phi) is 2.38. The third kappa shape index (κ3) is 2.32. The maximum Gasteiger partial charge on any atom is 0.200 e. The first-order valence-electron chi connectivity index (χ1n) is 4.29. The quantitative estimate of drug-likeness (QED) is 0.577. The third-order valence-corrected chi connectivity index (χ3v) is 1.92. The molecule has 2 aromatic heterocycles. The number of anilines is 3. The second kappa shape index (κ2) is 3.70. The molecule has 0 aliphatic heterocycles. The van der Waals surface area contributed by atoms with E-state index in [0.29, 0.717) is 22.2 Å². The van der Waals surface area contributed by atoms with Gasteiger partial charge in [0.05, 0.1) is 0 Å². The maximum atomic E-state index is 5.59. The summed E-state index contributed by atoms with van der Waals surface area (Å²) in [7, 11) is 0. The lowest BCUT2D eigenvalue weighted by Gasteiger charge is -2.01. The van der Waals surface area contributed by atoms with Gasteiger partial charge < -0.3 is 16.0 Å². The van der Waals surface area contributed by atoms with Gasteiger partial charge in [-0.2, -0.15) is 5.10 Å². The number of aromatic amines is 2. The van der Waals surface area contributed by atoms with E-state index in [0.717, 1.165) is 5.69 Å². The van der Waals surface area contributed by atoms with Gasteiger partial charge in [0.1, 0.15) is 11.6 Å². The minimum absolute atomic E-state index is 0.338. The lowest BCUT2D eigenvalue weighted by molar-refractivity contribution is 1.04. The Morgan fingerprint density at radius 1 is 1.40 bits per heavy atom. The monoisotopic (exact) mass is 222 g/mol. The van der Waals surface area contributed by atoms with Crippen molar-refractivity contribution >= 4 is 29.7 Å². The van der Waals surface area contributed by atoms with Crippen LogP contribution in [0.5, 0.6) is 0 Å². The Hall–Kier alpha value is -1.89. The van der Waals surface area contributed by atoms with Crippen molar-refractivity contribution in [1.29, 1.82) is 0 Å². The van der Waals surface area contributed by atoms with Gasteiger partial charge in [-0.1, -0.05) is 0 Å². The van der Waals surface area contributed by atoms with Gasteiger partial charge >= 0.3 is 0 Å². The molecule has 0 aliphatic rings. The number of aryl methyl sites for hydroxylation is 1. The number of nitrogens with zero attached hydrogens (tertiary/aromatic N) is 2. The lowest BCUT2D eigenvalue weighted by Crippen LogP contribution is -1.98. The number of nitrogens with two attached hydrogens (primary N) is 1. The van der Waals surface area contributed by atoms with E-state index >= 15 is 0 Å². The van der Waals surface area contributed by atoms with Crippen LogP contribution in [-0.4, -0.2) is 20.2 Å². The fourth-order valence-corrected chi connectivity index (χ4v) is 1.37. The van der Waals surface area contributed by atoms with Crippen LogP contribution in [-0.2, 0) is 0 Å². The van der Waals surface area contributed by atoms with Crippen LogP contribution in [0.25, 0.3) is 0 Å². The minimum atomic E-state index is 0.338. The summed E-state index contributed by atoms with van der Waals surface area (Å²) in [5.41, 5.74) is 6.55. The zero-order valence-corrected chi connectivity index (χ0v) is 8.85. The average Bonchev–Trinajstić information content (AvgIpc) is 2.49. The van der Waals surface area contributed by atoms with E-state index < -0.39 is 0 Å². The van der Waals surface area contributed by atoms with Crippen LogP contribution < -0.4 is 11.1 Å². The highest BCUT2D eigenvalue weighted by Crippen LogP contribution is 2.13. The van der Waals surface area contributed by atoms with Crippen LogP contribution in [0.4, 0.5) is 17.5 Å². The van der Waals surface area contributed by atoms with Gasteiger partial charge in [-0.15, -0.1) is 0 Å². The normalized spacial score (nSPS) is 10.2. The second-order valence-electron chi connectivity index (χ2n) is 3.09. The van der Waals surface area contributed by atoms with Crippen molar-refractivity contribution in [2.24, 2.45) is 0 Å². The number of hydrogen-bond donors (Lipinski definition) is 4. The zero-order chi connectivity index (χ0) is 10.8. The number of nitrogens with one attached hydrogen (secondary N) is 3. The number of H-pyrrole nitrogens is 2. The molecule has 15 heavy (non-hydrogen) atoms. The van der Waals surface area contributed by atoms with E-state index in [-0.39, 0.29) is 0 Å². The fraction of sp³-hybridized carbons (Fsp3) is 0.125. The van der Waals surface area contributed by atoms with E-state index in [1.165, 1.54) is 0 Å². The molecule has 78 valence electrons. The topological polar surface area (TPSA) is 95.4 Å². The Balaban J connectivity index is 2.28. The van der Waals surface area contributed by atoms with E-state index in [2.05, 4.69) is 25.5 Å². The number of nitrogen functional groups attached to an aromatic ring is 1. The average molecular weight is 222 g/mol. The van der Waals surface area contributed by atoms with Gasteiger partial charge in [0.2, 0.25) is 0 Å². The predicted octanol–water partition coefficient (Wildman–Crippen LogP) is 1.50. The Morgan fingerprint density at radius 3 is 2.80 bits per heavy atom. The first kappa shape index (κ1) is 9.66. The van der Waals surface area contributed by atoms with Crippen molar-refractivity contribution in [3.8, 4) is 0 Å². The summed E-state index contributed by atoms with van der Waals surface area (Å²) >= 11 is 4.89. The molecule has 2 aromatic rings. The SMILES string of the molecule is Cc1cc(Nc2cc(N)[nH]c(=S)n2)n[nH]1. The zero-order valence-electron chi connectivity index (χ0n) is 8.03. The van der Waals surface area contributed by atoms with Gasteiger partial charge in [-0.05, 0) is 19.1 Å². The van der Waals surface area contributed by atoms with Gasteiger partial charge in [0, 0.05) is 17.8 Å². The molecular weight excluding hydrogens is 212 g/mol. The Labute approximate surface area is 90.9 Å². The van der Waals surface area contributed by atoms with E-state index in [9.17, 15) is 0 Å². The van der Waals surface area contributed by atoms with Crippen molar-refractivity contribution < 1.29 is 0 Å². The van der Waals surface area contributed by atoms with Crippen LogP contribution >= 0.6 is 12.2 Å². The highest BCUT2D eigenvalue weighted by molar-refractivity contribution is 7.71. The molecule has 0 spiro atoms. The molecule has 0 saturated heterocycles. The predicted molar refractivity (Wildman–Crippen MR) is 60.4 cm³/mol. The summed E-state index contributed by atoms with van der Waals surface area (Å²) in [6.45, 7) is 1.91. The molecule has 7 heteroatoms. The van der Waals surface area contributed by atoms with Crippen molar-refractivity contribution in [2.45, 2.75) is 6.92 Å². The summed E-state index contributed by atoms with van der Waals surface area (Å²) < 4.78 is 0.338. The standard InChI is InChI=1S/C8H10N6S/c1-4-2-7(14-13-4)11-6-3-5(9)10-8(15)12-6/h2-3H,1H3,(H5,9,10,11,12,13,14,15). The molecule has 0 atom stereocenters. The van der Waals surface area contributed by atoms with Gasteiger partial charge in [-0.25, -0.2) is 4.98 Å². The molecule has 0 saturated carbocycles. The minimum Gasteiger partial charge on any atom is -0.385 e. The summed E-state index contributed by atoms with van der Waals surface area (Å²) in [6, 6.07) is 3.51. The fourth-order valence-electron chi connectivity index (χ4n) is 1.15. The molecular formula is C8H10N6S. The van der Waals surface area contributed by atoms with E-state index in [1.54, 1.807) is 6.07 Å². The highest BCUT2D eigenvalue weighted by Gasteiger charge is 2.00. The van der Waals surface area contributed by atoms with E-state index in [4.69, 9.17) is 18.0 Å². The smallest absolute Gasteiger partial charge is 0.200 e. The van der Waals surface area contributed by atoms with Gasteiger partial charge in [-0.3, -0.25) is 5.10 Å². The first-order valence-corrected chi connectivity index (χ1v) is 4.70. The van der Waals surface area contributed by atoms with Crippen molar-refractivity contribution in [1.82, 2.24) is 20.2 Å². The number of rotatable bonds is 2. The second-order valence-corrected chi connectivity index (χ2v) is 3.47. The third-order valence-electron chi connectivity index (χ3n) is 1.73. The summed E-state index contributed by atoms with van der Waals surface area (Å²) in [6.07, 6.45) is 0. The van der Waals surface area contributed by atoms with Crippen LogP contribution in [0.3, 0.4) is 0 Å². The van der Waals surface area contributed by atoms with Crippen LogP contribution in [0.1, 0.15) is 5.69 Å². The van der Waals surface area contributed by atoms with Gasteiger partial charge in [0.15, 0.2) is 10.6 Å². The molecule has 6 nitrogen and oxygen atoms in total. The Bertz CT molecular complexity index is 528. The Morgan fingerprint density at radius 2 is 2.20 bits per heavy atom. The summed E-state index contributed by atoms with van der Waals surface area (Å²) in [4.78, 5) is 6.77. The molecule has 0 aliphatic carbocycles. The maximum absolute atomic E-state index is 5.59. The van der Waals surface area contributed by atoms with Crippen molar-refractivity contribution in [3.05, 3.63) is 22.6 Å². The van der Waals surface area contributed by atoms with Crippen molar-refractivity contribution in [2.75, 3.05) is 11.1 Å². The molecule has 2 heterocycles. The lowest BCUT2D eigenvalue weighted by atomic mass is 10.4. The molecule has 0 radical (unpaired) electrons. The van der Waals surface area contributed by atoms with Crippen LogP contribution in [0.15, 0.2) is 12.1 Å². The molecule has 2 rings (SSSR count). The summed E-state index contributed by atoms with van der Waals surface area (Å²) in [5.74, 6) is 1.72. The van der Waals surface area contributed by atoms with E-state index in [1.807, 2.05) is 13.0 Å². The number of hydrogen-bond acceptors (Lipinski definition) is 5. The van der Waals surface area contributed by atoms with Crippen LogP contribution in [0, 0.1) is 11.7 Å². The summed E-state index contributed by atoms with van der Waals surface area (Å²) in [5, 5.41) is 9.81. The van der Waals surface area contributed by atoms with Crippen molar-refractivity contribution in [3.63, 3.8) is 0 Å². The number of aromatic nitrogens is 4.